The van der Waals surface area contributed by atoms with Gasteiger partial charge in [0, 0.05) is 6.04 Å². The third kappa shape index (κ3) is 5.06. The van der Waals surface area contributed by atoms with E-state index in [-0.39, 0.29) is 29.2 Å². The summed E-state index contributed by atoms with van der Waals surface area (Å²) in [5.74, 6) is -1.33. The highest BCUT2D eigenvalue weighted by Crippen LogP contribution is 2.39. The molecule has 0 radical (unpaired) electrons. The lowest BCUT2D eigenvalue weighted by Gasteiger charge is -2.19. The second-order valence-corrected chi connectivity index (χ2v) is 9.33. The van der Waals surface area contributed by atoms with Gasteiger partial charge in [0.2, 0.25) is 15.9 Å². The normalized spacial score (nSPS) is 21.5. The first-order valence-electron chi connectivity index (χ1n) is 9.74. The van der Waals surface area contributed by atoms with Crippen molar-refractivity contribution in [1.29, 1.82) is 0 Å². The standard InChI is InChI=1S/C22H26N2O5S/c1-14-9-11-17(12-10-14)30(27,28)24-18(13-16-7-5-4-6-8-16)21(25)23-20-15(2)19(20)22(26)29-3/h4-12,15,18-20,24H,13H2,1-3H3,(H,23,25)/t15-,18+,19+,20+/m1/s1. The van der Waals surface area contributed by atoms with Crippen LogP contribution in [0.25, 0.3) is 0 Å². The second-order valence-electron chi connectivity index (χ2n) is 7.62. The van der Waals surface area contributed by atoms with Gasteiger partial charge in [-0.2, -0.15) is 4.72 Å². The maximum atomic E-state index is 13.0. The third-order valence-electron chi connectivity index (χ3n) is 5.39. The number of nitrogens with one attached hydrogen (secondary N) is 2. The van der Waals surface area contributed by atoms with Crippen LogP contribution in [0.15, 0.2) is 59.5 Å². The Kier molecular flexibility index (Phi) is 6.58. The van der Waals surface area contributed by atoms with E-state index in [4.69, 9.17) is 4.74 Å². The molecule has 1 aliphatic rings. The number of hydrogen-bond acceptors (Lipinski definition) is 5. The molecule has 0 aromatic heterocycles. The number of carbonyl (C=O) groups excluding carboxylic acids is 2. The number of esters is 1. The van der Waals surface area contributed by atoms with Crippen molar-refractivity contribution in [3.63, 3.8) is 0 Å². The van der Waals surface area contributed by atoms with E-state index in [0.717, 1.165) is 11.1 Å². The lowest BCUT2D eigenvalue weighted by atomic mass is 10.1. The number of benzene rings is 2. The number of hydrogen-bond donors (Lipinski definition) is 2. The molecule has 2 aromatic rings. The molecule has 0 bridgehead atoms. The number of carbonyl (C=O) groups is 2. The van der Waals surface area contributed by atoms with Crippen molar-refractivity contribution in [2.45, 2.75) is 37.2 Å². The Labute approximate surface area is 176 Å². The zero-order valence-electron chi connectivity index (χ0n) is 17.2. The minimum absolute atomic E-state index is 0.0625. The molecule has 0 spiro atoms. The molecule has 8 heteroatoms. The highest BCUT2D eigenvalue weighted by molar-refractivity contribution is 7.89. The van der Waals surface area contributed by atoms with Gasteiger partial charge in [-0.25, -0.2) is 8.42 Å². The third-order valence-corrected chi connectivity index (χ3v) is 6.88. The summed E-state index contributed by atoms with van der Waals surface area (Å²) >= 11 is 0. The number of amides is 1. The maximum absolute atomic E-state index is 13.0. The first kappa shape index (κ1) is 22.0. The molecule has 1 fully saturated rings. The maximum Gasteiger partial charge on any atom is 0.311 e. The summed E-state index contributed by atoms with van der Waals surface area (Å²) in [7, 11) is -2.60. The van der Waals surface area contributed by atoms with Gasteiger partial charge < -0.3 is 10.1 Å². The predicted octanol–water partition coefficient (Wildman–Crippen LogP) is 1.81. The summed E-state index contributed by atoms with van der Waals surface area (Å²) in [6.07, 6.45) is 0.182. The van der Waals surface area contributed by atoms with Crippen molar-refractivity contribution in [3.8, 4) is 0 Å². The zero-order valence-corrected chi connectivity index (χ0v) is 18.0. The van der Waals surface area contributed by atoms with E-state index in [2.05, 4.69) is 10.0 Å². The molecule has 0 unspecified atom stereocenters. The highest BCUT2D eigenvalue weighted by Gasteiger charge is 2.54. The minimum atomic E-state index is -3.91. The van der Waals surface area contributed by atoms with Crippen LogP contribution in [-0.4, -0.2) is 39.5 Å². The number of rotatable bonds is 8. The van der Waals surface area contributed by atoms with Gasteiger partial charge in [0.25, 0.3) is 0 Å². The summed E-state index contributed by atoms with van der Waals surface area (Å²) in [4.78, 5) is 24.9. The number of aryl methyl sites for hydroxylation is 1. The van der Waals surface area contributed by atoms with Crippen molar-refractivity contribution in [1.82, 2.24) is 10.0 Å². The lowest BCUT2D eigenvalue weighted by Crippen LogP contribution is -2.49. The molecule has 160 valence electrons. The van der Waals surface area contributed by atoms with Crippen LogP contribution in [0, 0.1) is 18.8 Å². The minimum Gasteiger partial charge on any atom is -0.469 e. The second kappa shape index (κ2) is 8.97. The van der Waals surface area contributed by atoms with Crippen molar-refractivity contribution < 1.29 is 22.7 Å². The lowest BCUT2D eigenvalue weighted by molar-refractivity contribution is -0.142. The van der Waals surface area contributed by atoms with Gasteiger partial charge in [0.05, 0.1) is 17.9 Å². The molecule has 1 saturated carbocycles. The zero-order chi connectivity index (χ0) is 21.9. The van der Waals surface area contributed by atoms with E-state index in [1.54, 1.807) is 12.1 Å². The van der Waals surface area contributed by atoms with Crippen molar-refractivity contribution in [3.05, 3.63) is 65.7 Å². The Morgan fingerprint density at radius 2 is 1.70 bits per heavy atom. The monoisotopic (exact) mass is 430 g/mol. The Bertz CT molecular complexity index is 1010. The van der Waals surface area contributed by atoms with Gasteiger partial charge in [-0.3, -0.25) is 9.59 Å². The average molecular weight is 431 g/mol. The average Bonchev–Trinajstić information content (AvgIpc) is 3.36. The molecule has 1 aliphatic carbocycles. The fraction of sp³-hybridized carbons (Fsp3) is 0.364. The van der Waals surface area contributed by atoms with Gasteiger partial charge in [0.15, 0.2) is 0 Å². The quantitative estimate of drug-likeness (QED) is 0.622. The van der Waals surface area contributed by atoms with E-state index in [1.165, 1.54) is 19.2 Å². The fourth-order valence-electron chi connectivity index (χ4n) is 3.46. The highest BCUT2D eigenvalue weighted by atomic mass is 32.2. The summed E-state index contributed by atoms with van der Waals surface area (Å²) in [6.45, 7) is 3.71. The Morgan fingerprint density at radius 1 is 1.07 bits per heavy atom. The van der Waals surface area contributed by atoms with E-state index >= 15 is 0 Å². The fourth-order valence-corrected chi connectivity index (χ4v) is 4.65. The summed E-state index contributed by atoms with van der Waals surface area (Å²) < 4.78 is 33.0. The van der Waals surface area contributed by atoms with Gasteiger partial charge in [-0.15, -0.1) is 0 Å². The van der Waals surface area contributed by atoms with Crippen molar-refractivity contribution in [2.75, 3.05) is 7.11 Å². The van der Waals surface area contributed by atoms with E-state index < -0.39 is 27.9 Å². The van der Waals surface area contributed by atoms with Crippen LogP contribution in [0.2, 0.25) is 0 Å². The van der Waals surface area contributed by atoms with Crippen molar-refractivity contribution in [2.24, 2.45) is 11.8 Å². The Balaban J connectivity index is 1.79. The summed E-state index contributed by atoms with van der Waals surface area (Å²) in [6, 6.07) is 14.2. The van der Waals surface area contributed by atoms with E-state index in [0.29, 0.717) is 0 Å². The van der Waals surface area contributed by atoms with Gasteiger partial charge in [-0.1, -0.05) is 55.0 Å². The molecule has 30 heavy (non-hydrogen) atoms. The van der Waals surface area contributed by atoms with Crippen molar-refractivity contribution >= 4 is 21.9 Å². The molecule has 0 saturated heterocycles. The molecule has 0 heterocycles. The van der Waals surface area contributed by atoms with Crippen LogP contribution in [-0.2, 0) is 30.8 Å². The number of methoxy groups -OCH3 is 1. The summed E-state index contributed by atoms with van der Waals surface area (Å²) in [5, 5.41) is 2.81. The number of sulfonamides is 1. The van der Waals surface area contributed by atoms with Gasteiger partial charge in [0.1, 0.15) is 6.04 Å². The molecule has 0 aliphatic heterocycles. The smallest absolute Gasteiger partial charge is 0.311 e. The first-order chi connectivity index (χ1) is 14.2. The molecule has 2 aromatic carbocycles. The van der Waals surface area contributed by atoms with E-state index in [9.17, 15) is 18.0 Å². The molecule has 7 nitrogen and oxygen atoms in total. The molecular formula is C22H26N2O5S. The Morgan fingerprint density at radius 3 is 2.30 bits per heavy atom. The van der Waals surface area contributed by atoms with Crippen LogP contribution < -0.4 is 10.0 Å². The van der Waals surface area contributed by atoms with Crippen LogP contribution >= 0.6 is 0 Å². The Hall–Kier alpha value is -2.71. The van der Waals surface area contributed by atoms with Crippen LogP contribution in [0.3, 0.4) is 0 Å². The van der Waals surface area contributed by atoms with E-state index in [1.807, 2.05) is 44.2 Å². The van der Waals surface area contributed by atoms with Crippen LogP contribution in [0.4, 0.5) is 0 Å². The molecular weight excluding hydrogens is 404 g/mol. The van der Waals surface area contributed by atoms with Gasteiger partial charge in [-0.05, 0) is 37.0 Å². The molecule has 2 N–H and O–H groups in total. The van der Waals surface area contributed by atoms with Gasteiger partial charge >= 0.3 is 5.97 Å². The largest absolute Gasteiger partial charge is 0.469 e. The SMILES string of the molecule is COC(=O)[C@H]1[C@@H](C)[C@@H]1NC(=O)[C@H](Cc1ccccc1)NS(=O)(=O)c1ccc(C)cc1. The number of ether oxygens (including phenoxy) is 1. The van der Waals surface area contributed by atoms with Crippen LogP contribution in [0.5, 0.6) is 0 Å². The molecule has 3 rings (SSSR count). The molecule has 1 amide bonds. The predicted molar refractivity (Wildman–Crippen MR) is 112 cm³/mol. The topological polar surface area (TPSA) is 102 Å². The summed E-state index contributed by atoms with van der Waals surface area (Å²) in [5.41, 5.74) is 1.75. The van der Waals surface area contributed by atoms with Crippen LogP contribution in [0.1, 0.15) is 18.1 Å². The molecule has 4 atom stereocenters. The first-order valence-corrected chi connectivity index (χ1v) is 11.2.